The highest BCUT2D eigenvalue weighted by Crippen LogP contribution is 2.26. The van der Waals surface area contributed by atoms with Crippen molar-refractivity contribution in [3.05, 3.63) is 41.4 Å². The number of carbonyl (C=O) groups excluding carboxylic acids is 1. The van der Waals surface area contributed by atoms with Crippen molar-refractivity contribution < 1.29 is 17.9 Å². The zero-order valence-corrected chi connectivity index (χ0v) is 16.8. The van der Waals surface area contributed by atoms with E-state index in [1.807, 2.05) is 13.0 Å². The van der Waals surface area contributed by atoms with Gasteiger partial charge in [0.05, 0.1) is 12.5 Å². The Balaban J connectivity index is 1.59. The Morgan fingerprint density at radius 1 is 1.44 bits per heavy atom. The lowest BCUT2D eigenvalue weighted by atomic mass is 9.99. The molecule has 0 bridgehead atoms. The number of pyridine rings is 1. The Bertz CT molecular complexity index is 868. The molecular formula is C18H23N3O4S2. The van der Waals surface area contributed by atoms with Gasteiger partial charge < -0.3 is 10.1 Å². The molecule has 9 heteroatoms. The fourth-order valence-corrected chi connectivity index (χ4v) is 5.70. The van der Waals surface area contributed by atoms with Gasteiger partial charge in [0.15, 0.2) is 0 Å². The van der Waals surface area contributed by atoms with E-state index >= 15 is 0 Å². The first-order chi connectivity index (χ1) is 13.0. The van der Waals surface area contributed by atoms with Crippen molar-refractivity contribution in [2.45, 2.75) is 30.5 Å². The molecule has 2 aromatic rings. The molecule has 0 aromatic carbocycles. The molecule has 1 saturated heterocycles. The Hall–Kier alpha value is -1.97. The predicted molar refractivity (Wildman–Crippen MR) is 103 cm³/mol. The maximum atomic E-state index is 12.7. The summed E-state index contributed by atoms with van der Waals surface area (Å²) in [5, 5.41) is 4.65. The second-order valence-corrected chi connectivity index (χ2v) is 9.40. The average Bonchev–Trinajstić information content (AvgIpc) is 3.22. The van der Waals surface area contributed by atoms with Gasteiger partial charge in [0, 0.05) is 31.9 Å². The molecule has 0 radical (unpaired) electrons. The number of nitrogens with zero attached hydrogens (tertiary/aromatic N) is 2. The molecule has 3 rings (SSSR count). The number of ether oxygens (including phenoxy) is 1. The van der Waals surface area contributed by atoms with Crippen LogP contribution in [0.1, 0.15) is 25.3 Å². The molecule has 0 aliphatic carbocycles. The number of hydrogen-bond donors (Lipinski definition) is 1. The van der Waals surface area contributed by atoms with E-state index in [1.165, 1.54) is 15.6 Å². The zero-order valence-electron chi connectivity index (χ0n) is 15.1. The number of piperidine rings is 1. The highest BCUT2D eigenvalue weighted by atomic mass is 32.2. The second-order valence-electron chi connectivity index (χ2n) is 6.29. The quantitative estimate of drug-likeness (QED) is 0.758. The Kier molecular flexibility index (Phi) is 6.46. The number of amides is 1. The maximum absolute atomic E-state index is 12.7. The van der Waals surface area contributed by atoms with Gasteiger partial charge in [0.2, 0.25) is 11.8 Å². The number of aromatic nitrogens is 1. The minimum absolute atomic E-state index is 0.129. The fourth-order valence-electron chi connectivity index (χ4n) is 3.03. The Morgan fingerprint density at radius 3 is 3.04 bits per heavy atom. The third kappa shape index (κ3) is 4.85. The van der Waals surface area contributed by atoms with Gasteiger partial charge in [-0.3, -0.25) is 4.79 Å². The summed E-state index contributed by atoms with van der Waals surface area (Å²) >= 11 is 1.20. The molecule has 1 unspecified atom stereocenters. The van der Waals surface area contributed by atoms with Gasteiger partial charge in [-0.2, -0.15) is 4.31 Å². The van der Waals surface area contributed by atoms with E-state index in [0.717, 1.165) is 5.56 Å². The van der Waals surface area contributed by atoms with E-state index in [0.29, 0.717) is 42.6 Å². The standard InChI is InChI=1S/C18H23N3O4S2/c1-2-25-16-11-14(7-8-19-16)12-20-18(22)15-5-3-9-21(13-15)27(23,24)17-6-4-10-26-17/h4,6-8,10-11,15H,2-3,5,9,12-13H2,1H3,(H,20,22). The van der Waals surface area contributed by atoms with Crippen LogP contribution in [0.15, 0.2) is 40.1 Å². The molecule has 1 atom stereocenters. The van der Waals surface area contributed by atoms with Crippen molar-refractivity contribution >= 4 is 27.3 Å². The van der Waals surface area contributed by atoms with E-state index in [-0.39, 0.29) is 18.4 Å². The zero-order chi connectivity index (χ0) is 19.3. The van der Waals surface area contributed by atoms with Gasteiger partial charge in [0.1, 0.15) is 4.21 Å². The first kappa shape index (κ1) is 19.8. The van der Waals surface area contributed by atoms with Crippen LogP contribution in [0.5, 0.6) is 5.88 Å². The SMILES string of the molecule is CCOc1cc(CNC(=O)C2CCCN(S(=O)(=O)c3cccs3)C2)ccn1. The van der Waals surface area contributed by atoms with Crippen LogP contribution in [0.2, 0.25) is 0 Å². The first-order valence-corrected chi connectivity index (χ1v) is 11.2. The van der Waals surface area contributed by atoms with Gasteiger partial charge in [-0.15, -0.1) is 11.3 Å². The lowest BCUT2D eigenvalue weighted by Gasteiger charge is -2.30. The molecular weight excluding hydrogens is 386 g/mol. The van der Waals surface area contributed by atoms with Gasteiger partial charge >= 0.3 is 0 Å². The topological polar surface area (TPSA) is 88.6 Å². The van der Waals surface area contributed by atoms with Crippen molar-refractivity contribution in [3.63, 3.8) is 0 Å². The molecule has 146 valence electrons. The van der Waals surface area contributed by atoms with Crippen molar-refractivity contribution in [2.75, 3.05) is 19.7 Å². The molecule has 0 spiro atoms. The van der Waals surface area contributed by atoms with Crippen LogP contribution >= 0.6 is 11.3 Å². The lowest BCUT2D eigenvalue weighted by molar-refractivity contribution is -0.126. The highest BCUT2D eigenvalue weighted by Gasteiger charge is 2.33. The largest absolute Gasteiger partial charge is 0.478 e. The monoisotopic (exact) mass is 409 g/mol. The van der Waals surface area contributed by atoms with Crippen LogP contribution < -0.4 is 10.1 Å². The summed E-state index contributed by atoms with van der Waals surface area (Å²) in [6.07, 6.45) is 3.00. The molecule has 1 aliphatic rings. The molecule has 27 heavy (non-hydrogen) atoms. The van der Waals surface area contributed by atoms with Crippen molar-refractivity contribution in [1.82, 2.24) is 14.6 Å². The third-order valence-corrected chi connectivity index (χ3v) is 7.64. The average molecular weight is 410 g/mol. The van der Waals surface area contributed by atoms with Gasteiger partial charge in [0.25, 0.3) is 10.0 Å². The summed E-state index contributed by atoms with van der Waals surface area (Å²) in [5.74, 6) is 0.0488. The van der Waals surface area contributed by atoms with Crippen LogP contribution in [-0.2, 0) is 21.4 Å². The summed E-state index contributed by atoms with van der Waals surface area (Å²) in [5.41, 5.74) is 0.890. The highest BCUT2D eigenvalue weighted by molar-refractivity contribution is 7.91. The molecule has 1 aliphatic heterocycles. The summed E-state index contributed by atoms with van der Waals surface area (Å²) in [7, 11) is -3.52. The number of rotatable bonds is 7. The number of thiophene rings is 1. The Morgan fingerprint density at radius 2 is 2.30 bits per heavy atom. The fraction of sp³-hybridized carbons (Fsp3) is 0.444. The molecule has 3 heterocycles. The number of carbonyl (C=O) groups is 1. The molecule has 2 aromatic heterocycles. The summed E-state index contributed by atoms with van der Waals surface area (Å²) in [4.78, 5) is 16.7. The van der Waals surface area contributed by atoms with Gasteiger partial charge in [-0.25, -0.2) is 13.4 Å². The second kappa shape index (κ2) is 8.81. The van der Waals surface area contributed by atoms with Crippen molar-refractivity contribution in [2.24, 2.45) is 5.92 Å². The number of nitrogens with one attached hydrogen (secondary N) is 1. The van der Waals surface area contributed by atoms with E-state index < -0.39 is 10.0 Å². The predicted octanol–water partition coefficient (Wildman–Crippen LogP) is 2.26. The van der Waals surface area contributed by atoms with Crippen LogP contribution in [0, 0.1) is 5.92 Å². The third-order valence-electron chi connectivity index (χ3n) is 4.40. The van der Waals surface area contributed by atoms with Gasteiger partial charge in [-0.1, -0.05) is 6.07 Å². The van der Waals surface area contributed by atoms with Crippen LogP contribution in [0.3, 0.4) is 0 Å². The number of hydrogen-bond acceptors (Lipinski definition) is 6. The van der Waals surface area contributed by atoms with E-state index in [9.17, 15) is 13.2 Å². The minimum atomic E-state index is -3.52. The van der Waals surface area contributed by atoms with E-state index in [2.05, 4.69) is 10.3 Å². The molecule has 1 amide bonds. The minimum Gasteiger partial charge on any atom is -0.478 e. The van der Waals surface area contributed by atoms with Crippen LogP contribution in [0.25, 0.3) is 0 Å². The first-order valence-electron chi connectivity index (χ1n) is 8.90. The molecule has 0 saturated carbocycles. The summed E-state index contributed by atoms with van der Waals surface area (Å²) in [6, 6.07) is 6.93. The molecule has 1 N–H and O–H groups in total. The lowest BCUT2D eigenvalue weighted by Crippen LogP contribution is -2.45. The Labute approximate surface area is 163 Å². The van der Waals surface area contributed by atoms with Crippen LogP contribution in [0.4, 0.5) is 0 Å². The maximum Gasteiger partial charge on any atom is 0.252 e. The smallest absolute Gasteiger partial charge is 0.252 e. The number of sulfonamides is 1. The van der Waals surface area contributed by atoms with Crippen molar-refractivity contribution in [3.8, 4) is 5.88 Å². The summed E-state index contributed by atoms with van der Waals surface area (Å²) in [6.45, 7) is 3.43. The molecule has 7 nitrogen and oxygen atoms in total. The summed E-state index contributed by atoms with van der Waals surface area (Å²) < 4.78 is 32.5. The van der Waals surface area contributed by atoms with Crippen molar-refractivity contribution in [1.29, 1.82) is 0 Å². The van der Waals surface area contributed by atoms with Crippen LogP contribution in [-0.4, -0.2) is 43.3 Å². The van der Waals surface area contributed by atoms with E-state index in [1.54, 1.807) is 29.8 Å². The van der Waals surface area contributed by atoms with Gasteiger partial charge in [-0.05, 0) is 42.8 Å². The normalized spacial score (nSPS) is 18.2. The molecule has 1 fully saturated rings. The van der Waals surface area contributed by atoms with E-state index in [4.69, 9.17) is 4.74 Å².